The Morgan fingerprint density at radius 3 is 2.14 bits per heavy atom. The number of benzene rings is 3. The van der Waals surface area contributed by atoms with Gasteiger partial charge in [0.1, 0.15) is 0 Å². The van der Waals surface area contributed by atoms with Gasteiger partial charge in [0.05, 0.1) is 33.1 Å². The van der Waals surface area contributed by atoms with Gasteiger partial charge >= 0.3 is 0 Å². The van der Waals surface area contributed by atoms with Crippen molar-refractivity contribution in [2.45, 2.75) is 24.0 Å². The Bertz CT molecular complexity index is 1290. The molecule has 0 saturated carbocycles. The highest BCUT2D eigenvalue weighted by Crippen LogP contribution is 2.23. The van der Waals surface area contributed by atoms with E-state index in [1.165, 1.54) is 0 Å². The van der Waals surface area contributed by atoms with Gasteiger partial charge in [-0.15, -0.1) is 0 Å². The molecule has 0 bridgehead atoms. The number of fused-ring (bicyclic) bond motifs is 1. The first-order valence-corrected chi connectivity index (χ1v) is 11.6. The van der Waals surface area contributed by atoms with Gasteiger partial charge in [-0.05, 0) is 48.9 Å². The first kappa shape index (κ1) is 19.7. The van der Waals surface area contributed by atoms with Gasteiger partial charge in [-0.25, -0.2) is 18.4 Å². The van der Waals surface area contributed by atoms with Crippen LogP contribution in [0.2, 0.25) is 0 Å². The molecule has 0 aliphatic carbocycles. The zero-order valence-electron chi connectivity index (χ0n) is 15.8. The fraction of sp³-hybridized carbons (Fsp3) is 0.130. The summed E-state index contributed by atoms with van der Waals surface area (Å²) in [4.78, 5) is 9.70. The minimum Gasteiger partial charge on any atom is -0.249 e. The van der Waals surface area contributed by atoms with Crippen LogP contribution in [0, 0.1) is 6.92 Å². The van der Waals surface area contributed by atoms with Gasteiger partial charge in [-0.2, -0.15) is 0 Å². The van der Waals surface area contributed by atoms with Crippen LogP contribution in [0.3, 0.4) is 0 Å². The molecular formula is C23H19BrN2O2S. The highest BCUT2D eigenvalue weighted by atomic mass is 79.9. The third-order valence-corrected chi connectivity index (χ3v) is 6.85. The Balaban J connectivity index is 1.78. The minimum atomic E-state index is -3.55. The van der Waals surface area contributed by atoms with Crippen LogP contribution in [-0.4, -0.2) is 18.4 Å². The summed E-state index contributed by atoms with van der Waals surface area (Å²) in [6, 6.07) is 22.4. The predicted octanol–water partition coefficient (Wildman–Crippen LogP) is 5.27. The van der Waals surface area contributed by atoms with E-state index >= 15 is 0 Å². The van der Waals surface area contributed by atoms with Gasteiger partial charge in [0.15, 0.2) is 9.84 Å². The molecule has 29 heavy (non-hydrogen) atoms. The smallest absolute Gasteiger partial charge is 0.184 e. The zero-order chi connectivity index (χ0) is 20.4. The van der Waals surface area contributed by atoms with Crippen molar-refractivity contribution in [1.29, 1.82) is 0 Å². The fourth-order valence-corrected chi connectivity index (χ4v) is 4.82. The van der Waals surface area contributed by atoms with E-state index in [9.17, 15) is 8.42 Å². The minimum absolute atomic E-state index is 0.187. The first-order chi connectivity index (χ1) is 13.9. The van der Waals surface area contributed by atoms with E-state index in [0.717, 1.165) is 21.1 Å². The van der Waals surface area contributed by atoms with E-state index in [0.29, 0.717) is 23.3 Å². The van der Waals surface area contributed by atoms with Gasteiger partial charge < -0.3 is 0 Å². The monoisotopic (exact) mass is 466 g/mol. The zero-order valence-corrected chi connectivity index (χ0v) is 18.2. The third-order valence-electron chi connectivity index (χ3n) is 4.68. The number of halogens is 1. The Morgan fingerprint density at radius 2 is 1.48 bits per heavy atom. The number of hydrogen-bond donors (Lipinski definition) is 0. The van der Waals surface area contributed by atoms with Crippen LogP contribution in [0.25, 0.3) is 11.0 Å². The summed E-state index contributed by atoms with van der Waals surface area (Å²) in [5.41, 5.74) is 4.88. The molecule has 0 amide bonds. The van der Waals surface area contributed by atoms with Crippen molar-refractivity contribution in [3.63, 3.8) is 0 Å². The summed E-state index contributed by atoms with van der Waals surface area (Å²) in [5, 5.41) is 0. The second-order valence-corrected chi connectivity index (χ2v) is 9.89. The highest BCUT2D eigenvalue weighted by Gasteiger charge is 2.20. The summed E-state index contributed by atoms with van der Waals surface area (Å²) in [7, 11) is -3.55. The number of sulfone groups is 1. The van der Waals surface area contributed by atoms with E-state index < -0.39 is 9.84 Å². The van der Waals surface area contributed by atoms with Crippen molar-refractivity contribution in [2.24, 2.45) is 0 Å². The molecular weight excluding hydrogens is 448 g/mol. The van der Waals surface area contributed by atoms with Crippen LogP contribution in [0.15, 0.2) is 82.2 Å². The van der Waals surface area contributed by atoms with Crippen molar-refractivity contribution in [1.82, 2.24) is 9.97 Å². The molecule has 0 aliphatic heterocycles. The molecule has 4 nitrogen and oxygen atoms in total. The molecule has 1 heterocycles. The maximum atomic E-state index is 13.0. The number of nitrogens with zero attached hydrogens (tertiary/aromatic N) is 2. The molecule has 146 valence electrons. The predicted molar refractivity (Wildman–Crippen MR) is 119 cm³/mol. The fourth-order valence-electron chi connectivity index (χ4n) is 3.25. The third kappa shape index (κ3) is 4.54. The average Bonchev–Trinajstić information content (AvgIpc) is 2.68. The van der Waals surface area contributed by atoms with Crippen LogP contribution in [0.1, 0.15) is 22.5 Å². The van der Waals surface area contributed by atoms with Crippen molar-refractivity contribution >= 4 is 36.8 Å². The quantitative estimate of drug-likeness (QED) is 0.402. The van der Waals surface area contributed by atoms with Crippen molar-refractivity contribution in [3.8, 4) is 0 Å². The van der Waals surface area contributed by atoms with Crippen LogP contribution in [0.4, 0.5) is 0 Å². The largest absolute Gasteiger partial charge is 0.249 e. The lowest BCUT2D eigenvalue weighted by Gasteiger charge is -2.11. The molecule has 4 rings (SSSR count). The standard InChI is InChI=1S/C23H19BrN2O2S/c1-16-5-4-6-17(13-16)14-22-23(26-21-8-3-2-7-20(21)25-22)15-29(27,28)19-11-9-18(24)10-12-19/h2-13H,14-15H2,1H3. The van der Waals surface area contributed by atoms with Gasteiger partial charge in [-0.3, -0.25) is 0 Å². The second-order valence-electron chi connectivity index (χ2n) is 6.98. The maximum absolute atomic E-state index is 13.0. The molecule has 0 radical (unpaired) electrons. The molecule has 3 aromatic carbocycles. The molecule has 0 fully saturated rings. The summed E-state index contributed by atoms with van der Waals surface area (Å²) in [5.74, 6) is -0.187. The number of aryl methyl sites for hydroxylation is 1. The summed E-state index contributed by atoms with van der Waals surface area (Å²) in [6.45, 7) is 2.04. The Kier molecular flexibility index (Phi) is 5.48. The van der Waals surface area contributed by atoms with Crippen LogP contribution in [0.5, 0.6) is 0 Å². The number of aromatic nitrogens is 2. The second kappa shape index (κ2) is 8.05. The van der Waals surface area contributed by atoms with Gasteiger partial charge in [-0.1, -0.05) is 57.9 Å². The number of para-hydroxylation sites is 2. The Hall–Kier alpha value is -2.57. The Labute approximate surface area is 178 Å². The average molecular weight is 467 g/mol. The van der Waals surface area contributed by atoms with Gasteiger partial charge in [0.2, 0.25) is 0 Å². The molecule has 0 N–H and O–H groups in total. The lowest BCUT2D eigenvalue weighted by molar-refractivity contribution is 0.594. The maximum Gasteiger partial charge on any atom is 0.184 e. The summed E-state index contributed by atoms with van der Waals surface area (Å²) >= 11 is 3.34. The highest BCUT2D eigenvalue weighted by molar-refractivity contribution is 9.10. The molecule has 4 aromatic rings. The van der Waals surface area contributed by atoms with Gasteiger partial charge in [0, 0.05) is 10.9 Å². The van der Waals surface area contributed by atoms with Crippen LogP contribution < -0.4 is 0 Å². The number of hydrogen-bond acceptors (Lipinski definition) is 4. The molecule has 0 saturated heterocycles. The topological polar surface area (TPSA) is 59.9 Å². The SMILES string of the molecule is Cc1cccc(Cc2nc3ccccc3nc2CS(=O)(=O)c2ccc(Br)cc2)c1. The molecule has 0 aliphatic rings. The molecule has 6 heteroatoms. The van der Waals surface area contributed by atoms with E-state index in [1.54, 1.807) is 24.3 Å². The van der Waals surface area contributed by atoms with Crippen LogP contribution >= 0.6 is 15.9 Å². The first-order valence-electron chi connectivity index (χ1n) is 9.19. The van der Waals surface area contributed by atoms with Crippen LogP contribution in [-0.2, 0) is 22.0 Å². The van der Waals surface area contributed by atoms with E-state index in [1.807, 2.05) is 49.4 Å². The van der Waals surface area contributed by atoms with Crippen molar-refractivity contribution in [3.05, 3.63) is 99.8 Å². The van der Waals surface area contributed by atoms with E-state index in [-0.39, 0.29) is 10.6 Å². The summed E-state index contributed by atoms with van der Waals surface area (Å²) < 4.78 is 26.9. The molecule has 0 spiro atoms. The lowest BCUT2D eigenvalue weighted by atomic mass is 10.1. The molecule has 1 aromatic heterocycles. The molecule has 0 atom stereocenters. The van der Waals surface area contributed by atoms with E-state index in [4.69, 9.17) is 4.98 Å². The van der Waals surface area contributed by atoms with Crippen molar-refractivity contribution < 1.29 is 8.42 Å². The van der Waals surface area contributed by atoms with E-state index in [2.05, 4.69) is 27.0 Å². The lowest BCUT2D eigenvalue weighted by Crippen LogP contribution is -2.11. The summed E-state index contributed by atoms with van der Waals surface area (Å²) in [6.07, 6.45) is 0.532. The normalized spacial score (nSPS) is 11.7. The molecule has 0 unspecified atom stereocenters. The Morgan fingerprint density at radius 1 is 0.828 bits per heavy atom. The van der Waals surface area contributed by atoms with Gasteiger partial charge in [0.25, 0.3) is 0 Å². The van der Waals surface area contributed by atoms with Crippen molar-refractivity contribution in [2.75, 3.05) is 0 Å². The number of rotatable bonds is 5.